The minimum Gasteiger partial charge on any atom is -0.460 e. The van der Waals surface area contributed by atoms with Crippen molar-refractivity contribution in [3.63, 3.8) is 0 Å². The van der Waals surface area contributed by atoms with Crippen molar-refractivity contribution in [2.45, 2.75) is 25.9 Å². The lowest BCUT2D eigenvalue weighted by molar-refractivity contribution is 0.0483. The number of furan rings is 1. The maximum atomic E-state index is 12.8. The molecule has 0 aliphatic carbocycles. The SMILES string of the molecule is CCOC(=O)c1ccc(S(=O)(=O)N2CCN(C(=S)Nc3ccc(C)cc3C)CC2)o1. The Morgan fingerprint density at radius 1 is 1.17 bits per heavy atom. The number of nitrogens with zero attached hydrogens (tertiary/aromatic N) is 2. The third kappa shape index (κ3) is 4.82. The first-order chi connectivity index (χ1) is 14.2. The van der Waals surface area contributed by atoms with Crippen molar-refractivity contribution in [2.75, 3.05) is 38.1 Å². The van der Waals surface area contributed by atoms with Crippen molar-refractivity contribution >= 4 is 39.0 Å². The van der Waals surface area contributed by atoms with E-state index < -0.39 is 16.0 Å². The van der Waals surface area contributed by atoms with Crippen molar-refractivity contribution in [1.29, 1.82) is 0 Å². The van der Waals surface area contributed by atoms with Crippen LogP contribution in [-0.4, -0.2) is 61.5 Å². The number of benzene rings is 1. The van der Waals surface area contributed by atoms with E-state index in [9.17, 15) is 13.2 Å². The highest BCUT2D eigenvalue weighted by atomic mass is 32.2. The van der Waals surface area contributed by atoms with E-state index in [0.29, 0.717) is 18.2 Å². The Hall–Kier alpha value is -2.43. The largest absolute Gasteiger partial charge is 0.460 e. The number of hydrogen-bond donors (Lipinski definition) is 1. The topological polar surface area (TPSA) is 92.1 Å². The van der Waals surface area contributed by atoms with Gasteiger partial charge in [-0.15, -0.1) is 0 Å². The summed E-state index contributed by atoms with van der Waals surface area (Å²) in [6, 6.07) is 8.65. The molecule has 1 N–H and O–H groups in total. The Morgan fingerprint density at radius 2 is 1.87 bits per heavy atom. The van der Waals surface area contributed by atoms with Crippen LogP contribution in [0.1, 0.15) is 28.6 Å². The summed E-state index contributed by atoms with van der Waals surface area (Å²) < 4.78 is 37.1. The lowest BCUT2D eigenvalue weighted by atomic mass is 10.1. The van der Waals surface area contributed by atoms with Crippen LogP contribution < -0.4 is 5.32 Å². The number of anilines is 1. The van der Waals surface area contributed by atoms with Crippen molar-refractivity contribution in [3.05, 3.63) is 47.2 Å². The third-order valence-electron chi connectivity index (χ3n) is 4.80. The highest BCUT2D eigenvalue weighted by Gasteiger charge is 2.32. The summed E-state index contributed by atoms with van der Waals surface area (Å²) in [5.41, 5.74) is 3.20. The van der Waals surface area contributed by atoms with Crippen LogP contribution in [0.3, 0.4) is 0 Å². The van der Waals surface area contributed by atoms with Gasteiger partial charge >= 0.3 is 5.97 Å². The molecule has 1 saturated heterocycles. The van der Waals surface area contributed by atoms with Crippen LogP contribution >= 0.6 is 12.2 Å². The molecule has 1 aliphatic rings. The molecule has 2 aromatic rings. The lowest BCUT2D eigenvalue weighted by Crippen LogP contribution is -2.51. The zero-order valence-electron chi connectivity index (χ0n) is 17.2. The van der Waals surface area contributed by atoms with Gasteiger partial charge in [0, 0.05) is 31.9 Å². The van der Waals surface area contributed by atoms with Crippen molar-refractivity contribution in [3.8, 4) is 0 Å². The minimum absolute atomic E-state index is 0.132. The number of sulfonamides is 1. The van der Waals surface area contributed by atoms with Crippen LogP contribution in [0.15, 0.2) is 39.8 Å². The first-order valence-corrected chi connectivity index (χ1v) is 11.5. The van der Waals surface area contributed by atoms with E-state index in [4.69, 9.17) is 21.4 Å². The number of piperazine rings is 1. The lowest BCUT2D eigenvalue weighted by Gasteiger charge is -2.35. The van der Waals surface area contributed by atoms with Gasteiger partial charge in [-0.25, -0.2) is 13.2 Å². The van der Waals surface area contributed by atoms with E-state index in [2.05, 4.69) is 11.4 Å². The predicted molar refractivity (Wildman–Crippen MR) is 117 cm³/mol. The number of esters is 1. The van der Waals surface area contributed by atoms with Gasteiger partial charge in [0.05, 0.1) is 6.61 Å². The maximum absolute atomic E-state index is 12.8. The van der Waals surface area contributed by atoms with E-state index in [1.807, 2.05) is 30.9 Å². The van der Waals surface area contributed by atoms with Crippen molar-refractivity contribution < 1.29 is 22.4 Å². The summed E-state index contributed by atoms with van der Waals surface area (Å²) >= 11 is 5.51. The van der Waals surface area contributed by atoms with Crippen LogP contribution in [0.25, 0.3) is 0 Å². The molecule has 1 aliphatic heterocycles. The smallest absolute Gasteiger partial charge is 0.374 e. The highest BCUT2D eigenvalue weighted by Crippen LogP contribution is 2.22. The van der Waals surface area contributed by atoms with Gasteiger partial charge in [-0.1, -0.05) is 17.7 Å². The molecular weight excluding hydrogens is 426 g/mol. The number of carbonyl (C=O) groups is 1. The molecule has 0 saturated carbocycles. The molecular formula is C20H25N3O5S2. The molecule has 30 heavy (non-hydrogen) atoms. The number of aryl methyl sites for hydroxylation is 2. The Bertz CT molecular complexity index is 1040. The Morgan fingerprint density at radius 3 is 2.50 bits per heavy atom. The fourth-order valence-corrected chi connectivity index (χ4v) is 4.80. The van der Waals surface area contributed by atoms with Crippen LogP contribution in [0.2, 0.25) is 0 Å². The first kappa shape index (κ1) is 22.3. The fraction of sp³-hybridized carbons (Fsp3) is 0.400. The van der Waals surface area contributed by atoms with E-state index in [-0.39, 0.29) is 30.5 Å². The number of ether oxygens (including phenoxy) is 1. The quantitative estimate of drug-likeness (QED) is 0.548. The Kier molecular flexibility index (Phi) is 6.79. The molecule has 1 fully saturated rings. The van der Waals surface area contributed by atoms with Gasteiger partial charge in [0.2, 0.25) is 10.9 Å². The van der Waals surface area contributed by atoms with E-state index in [1.54, 1.807) is 6.92 Å². The van der Waals surface area contributed by atoms with Crippen LogP contribution in [0, 0.1) is 13.8 Å². The molecule has 10 heteroatoms. The molecule has 0 spiro atoms. The number of carbonyl (C=O) groups excluding carboxylic acids is 1. The average Bonchev–Trinajstić information content (AvgIpc) is 3.22. The van der Waals surface area contributed by atoms with Crippen LogP contribution in [0.5, 0.6) is 0 Å². The second-order valence-corrected chi connectivity index (χ2v) is 9.23. The summed E-state index contributed by atoms with van der Waals surface area (Å²) in [6.45, 7) is 7.29. The van der Waals surface area contributed by atoms with Crippen LogP contribution in [-0.2, 0) is 14.8 Å². The number of hydrogen-bond acceptors (Lipinski definition) is 6. The van der Waals surface area contributed by atoms with Gasteiger partial charge in [0.1, 0.15) is 0 Å². The Balaban J connectivity index is 1.61. The summed E-state index contributed by atoms with van der Waals surface area (Å²) in [6.07, 6.45) is 0. The fourth-order valence-electron chi connectivity index (χ4n) is 3.18. The summed E-state index contributed by atoms with van der Waals surface area (Å²) in [4.78, 5) is 13.7. The number of nitrogens with one attached hydrogen (secondary N) is 1. The molecule has 1 aromatic carbocycles. The number of thiocarbonyl (C=S) groups is 1. The molecule has 0 atom stereocenters. The Labute approximate surface area is 181 Å². The monoisotopic (exact) mass is 451 g/mol. The summed E-state index contributed by atoms with van der Waals surface area (Å²) in [7, 11) is -3.84. The average molecular weight is 452 g/mol. The molecule has 162 valence electrons. The molecule has 3 rings (SSSR count). The molecule has 1 aromatic heterocycles. The van der Waals surface area contributed by atoms with Gasteiger partial charge in [-0.3, -0.25) is 0 Å². The van der Waals surface area contributed by atoms with Gasteiger partial charge in [0.25, 0.3) is 10.0 Å². The van der Waals surface area contributed by atoms with Crippen LogP contribution in [0.4, 0.5) is 5.69 Å². The van der Waals surface area contributed by atoms with Gasteiger partial charge in [-0.2, -0.15) is 4.31 Å². The van der Waals surface area contributed by atoms with Crippen molar-refractivity contribution in [1.82, 2.24) is 9.21 Å². The normalized spacial score (nSPS) is 15.1. The highest BCUT2D eigenvalue weighted by molar-refractivity contribution is 7.89. The second-order valence-electron chi connectivity index (χ2n) is 6.98. The molecule has 0 radical (unpaired) electrons. The molecule has 0 unspecified atom stereocenters. The van der Waals surface area contributed by atoms with Gasteiger partial charge in [-0.05, 0) is 56.8 Å². The predicted octanol–water partition coefficient (Wildman–Crippen LogP) is 2.78. The third-order valence-corrected chi connectivity index (χ3v) is 6.93. The van der Waals surface area contributed by atoms with Gasteiger partial charge < -0.3 is 19.4 Å². The molecule has 2 heterocycles. The maximum Gasteiger partial charge on any atom is 0.374 e. The standard InChI is InChI=1S/C20H25N3O5S2/c1-4-27-19(24)17-7-8-18(28-17)30(25,26)23-11-9-22(10-12-23)20(29)21-16-6-5-14(2)13-15(16)3/h5-8,13H,4,9-12H2,1-3H3,(H,21,29). The van der Waals surface area contributed by atoms with Gasteiger partial charge in [0.15, 0.2) is 5.11 Å². The zero-order chi connectivity index (χ0) is 21.9. The van der Waals surface area contributed by atoms with E-state index >= 15 is 0 Å². The summed E-state index contributed by atoms with van der Waals surface area (Å²) in [5.74, 6) is -0.820. The van der Waals surface area contributed by atoms with Crippen molar-refractivity contribution in [2.24, 2.45) is 0 Å². The molecule has 0 bridgehead atoms. The summed E-state index contributed by atoms with van der Waals surface area (Å²) in [5, 5.41) is 3.53. The second kappa shape index (κ2) is 9.15. The zero-order valence-corrected chi connectivity index (χ0v) is 18.8. The molecule has 8 nitrogen and oxygen atoms in total. The molecule has 0 amide bonds. The minimum atomic E-state index is -3.84. The van der Waals surface area contributed by atoms with E-state index in [0.717, 1.165) is 11.3 Å². The number of rotatable bonds is 5. The van der Waals surface area contributed by atoms with E-state index in [1.165, 1.54) is 22.0 Å². The first-order valence-electron chi connectivity index (χ1n) is 9.62.